The summed E-state index contributed by atoms with van der Waals surface area (Å²) in [4.78, 5) is 18.3. The van der Waals surface area contributed by atoms with E-state index in [4.69, 9.17) is 12.2 Å². The van der Waals surface area contributed by atoms with Gasteiger partial charge in [0.25, 0.3) is 5.56 Å². The molecule has 31 heavy (non-hydrogen) atoms. The maximum Gasteiger partial charge on any atom is 0.253 e. The summed E-state index contributed by atoms with van der Waals surface area (Å²) in [6.45, 7) is 6.80. The molecule has 3 aromatic rings. The van der Waals surface area contributed by atoms with Gasteiger partial charge in [-0.3, -0.25) is 4.79 Å². The summed E-state index contributed by atoms with van der Waals surface area (Å²) >= 11 is 5.88. The molecule has 162 valence electrons. The zero-order chi connectivity index (χ0) is 22.0. The molecule has 5 heteroatoms. The topological polar surface area (TPSA) is 48.1 Å². The summed E-state index contributed by atoms with van der Waals surface area (Å²) < 4.78 is 0. The van der Waals surface area contributed by atoms with E-state index in [-0.39, 0.29) is 5.56 Å². The molecule has 4 rings (SSSR count). The lowest BCUT2D eigenvalue weighted by Crippen LogP contribution is -2.42. The zero-order valence-corrected chi connectivity index (χ0v) is 19.4. The smallest absolute Gasteiger partial charge is 0.253 e. The quantitative estimate of drug-likeness (QED) is 0.496. The summed E-state index contributed by atoms with van der Waals surface area (Å²) in [5.74, 6) is 0. The summed E-state index contributed by atoms with van der Waals surface area (Å²) in [5, 5.41) is 5.26. The molecule has 2 N–H and O–H groups in total. The number of rotatable bonds is 5. The van der Waals surface area contributed by atoms with E-state index in [9.17, 15) is 4.79 Å². The molecule has 1 fully saturated rings. The van der Waals surface area contributed by atoms with Gasteiger partial charge in [0.1, 0.15) is 0 Å². The Balaban J connectivity index is 1.66. The Labute approximate surface area is 189 Å². The van der Waals surface area contributed by atoms with E-state index in [2.05, 4.69) is 59.4 Å². The Morgan fingerprint density at radius 3 is 2.61 bits per heavy atom. The molecular weight excluding hydrogens is 402 g/mol. The largest absolute Gasteiger partial charge is 0.342 e. The highest BCUT2D eigenvalue weighted by Crippen LogP contribution is 2.27. The highest BCUT2D eigenvalue weighted by atomic mass is 32.1. The van der Waals surface area contributed by atoms with Crippen LogP contribution in [0.15, 0.2) is 47.3 Å². The number of aryl methyl sites for hydroxylation is 3. The van der Waals surface area contributed by atoms with Crippen LogP contribution >= 0.6 is 12.2 Å². The van der Waals surface area contributed by atoms with E-state index < -0.39 is 0 Å². The Morgan fingerprint density at radius 1 is 1.13 bits per heavy atom. The zero-order valence-electron chi connectivity index (χ0n) is 18.6. The SMILES string of the molecule is CCc1ccccc1NC(=S)N(Cc1cc2cc(C)cc(C)c2[nH]c1=O)C1CCCC1. The third-order valence-corrected chi connectivity index (χ3v) is 6.71. The van der Waals surface area contributed by atoms with Crippen molar-refractivity contribution in [2.75, 3.05) is 5.32 Å². The molecule has 0 spiro atoms. The van der Waals surface area contributed by atoms with Gasteiger partial charge in [0.15, 0.2) is 5.11 Å². The molecule has 0 radical (unpaired) electrons. The molecule has 0 aliphatic heterocycles. The number of hydrogen-bond donors (Lipinski definition) is 2. The highest BCUT2D eigenvalue weighted by molar-refractivity contribution is 7.80. The van der Waals surface area contributed by atoms with Gasteiger partial charge in [-0.1, -0.05) is 49.6 Å². The van der Waals surface area contributed by atoms with Crippen LogP contribution in [0.4, 0.5) is 5.69 Å². The van der Waals surface area contributed by atoms with E-state index in [0.717, 1.165) is 47.0 Å². The van der Waals surface area contributed by atoms with Crippen molar-refractivity contribution in [2.24, 2.45) is 0 Å². The number of nitrogens with one attached hydrogen (secondary N) is 2. The minimum absolute atomic E-state index is 0.0285. The van der Waals surface area contributed by atoms with Gasteiger partial charge in [-0.05, 0) is 80.0 Å². The first kappa shape index (κ1) is 21.6. The molecule has 0 unspecified atom stereocenters. The summed E-state index contributed by atoms with van der Waals surface area (Å²) in [6, 6.07) is 14.9. The normalized spacial score (nSPS) is 14.2. The van der Waals surface area contributed by atoms with Crippen LogP contribution in [0, 0.1) is 13.8 Å². The van der Waals surface area contributed by atoms with E-state index in [0.29, 0.717) is 17.7 Å². The number of pyridine rings is 1. The molecule has 0 bridgehead atoms. The van der Waals surface area contributed by atoms with Crippen molar-refractivity contribution in [2.45, 2.75) is 65.5 Å². The van der Waals surface area contributed by atoms with E-state index >= 15 is 0 Å². The number of H-pyrrole nitrogens is 1. The maximum atomic E-state index is 13.0. The molecule has 1 saturated carbocycles. The van der Waals surface area contributed by atoms with Crippen LogP contribution in [0.2, 0.25) is 0 Å². The number of benzene rings is 2. The van der Waals surface area contributed by atoms with Crippen molar-refractivity contribution in [1.29, 1.82) is 0 Å². The van der Waals surface area contributed by atoms with Crippen molar-refractivity contribution in [3.63, 3.8) is 0 Å². The molecule has 0 saturated heterocycles. The van der Waals surface area contributed by atoms with Crippen LogP contribution in [-0.2, 0) is 13.0 Å². The first-order chi connectivity index (χ1) is 15.0. The van der Waals surface area contributed by atoms with Gasteiger partial charge in [-0.2, -0.15) is 0 Å². The first-order valence-corrected chi connectivity index (χ1v) is 11.7. The van der Waals surface area contributed by atoms with Crippen molar-refractivity contribution in [1.82, 2.24) is 9.88 Å². The van der Waals surface area contributed by atoms with Gasteiger partial charge in [0.2, 0.25) is 0 Å². The molecule has 1 heterocycles. The van der Waals surface area contributed by atoms with Gasteiger partial charge in [-0.15, -0.1) is 0 Å². The standard InChI is InChI=1S/C26H31N3OS/c1-4-19-9-5-8-12-23(19)27-26(31)29(22-10-6-7-11-22)16-21-15-20-14-17(2)13-18(3)24(20)28-25(21)30/h5,8-9,12-15,22H,4,6-7,10-11,16H2,1-3H3,(H,27,31)(H,28,30). The minimum Gasteiger partial charge on any atom is -0.342 e. The molecule has 1 aromatic heterocycles. The molecule has 4 nitrogen and oxygen atoms in total. The molecule has 1 aliphatic rings. The predicted octanol–water partition coefficient (Wildman–Crippen LogP) is 5.85. The van der Waals surface area contributed by atoms with Crippen molar-refractivity contribution >= 4 is 33.9 Å². The molecule has 0 amide bonds. The fraction of sp³-hybridized carbons (Fsp3) is 0.385. The Hall–Kier alpha value is -2.66. The lowest BCUT2D eigenvalue weighted by molar-refractivity contribution is 0.311. The third-order valence-electron chi connectivity index (χ3n) is 6.38. The van der Waals surface area contributed by atoms with E-state index in [1.165, 1.54) is 24.0 Å². The van der Waals surface area contributed by atoms with Gasteiger partial charge in [-0.25, -0.2) is 0 Å². The second kappa shape index (κ2) is 9.23. The number of anilines is 1. The van der Waals surface area contributed by atoms with Crippen molar-refractivity contribution in [3.8, 4) is 0 Å². The molecule has 1 aliphatic carbocycles. The summed E-state index contributed by atoms with van der Waals surface area (Å²) in [6.07, 6.45) is 5.59. The monoisotopic (exact) mass is 433 g/mol. The fourth-order valence-electron chi connectivity index (χ4n) is 4.75. The average Bonchev–Trinajstić information content (AvgIpc) is 3.27. The van der Waals surface area contributed by atoms with Gasteiger partial charge < -0.3 is 15.2 Å². The van der Waals surface area contributed by atoms with Crippen LogP contribution in [0.1, 0.15) is 54.9 Å². The van der Waals surface area contributed by atoms with Crippen LogP contribution < -0.4 is 10.9 Å². The number of aromatic amines is 1. The van der Waals surface area contributed by atoms with Gasteiger partial charge >= 0.3 is 0 Å². The number of aromatic nitrogens is 1. The maximum absolute atomic E-state index is 13.0. The number of fused-ring (bicyclic) bond motifs is 1. The molecule has 2 aromatic carbocycles. The Bertz CT molecular complexity index is 1160. The van der Waals surface area contributed by atoms with Gasteiger partial charge in [0.05, 0.1) is 12.1 Å². The second-order valence-electron chi connectivity index (χ2n) is 8.68. The van der Waals surface area contributed by atoms with Crippen LogP contribution in [-0.4, -0.2) is 21.0 Å². The highest BCUT2D eigenvalue weighted by Gasteiger charge is 2.26. The lowest BCUT2D eigenvalue weighted by atomic mass is 10.0. The lowest BCUT2D eigenvalue weighted by Gasteiger charge is -2.32. The Morgan fingerprint density at radius 2 is 1.87 bits per heavy atom. The number of para-hydroxylation sites is 1. The number of nitrogens with zero attached hydrogens (tertiary/aromatic N) is 1. The Kier molecular flexibility index (Phi) is 6.42. The third kappa shape index (κ3) is 4.67. The van der Waals surface area contributed by atoms with E-state index in [1.54, 1.807) is 0 Å². The van der Waals surface area contributed by atoms with Crippen LogP contribution in [0.3, 0.4) is 0 Å². The average molecular weight is 434 g/mol. The van der Waals surface area contributed by atoms with Crippen molar-refractivity contribution < 1.29 is 0 Å². The summed E-state index contributed by atoms with van der Waals surface area (Å²) in [5.41, 5.74) is 6.24. The van der Waals surface area contributed by atoms with Crippen LogP contribution in [0.5, 0.6) is 0 Å². The van der Waals surface area contributed by atoms with Gasteiger partial charge in [0, 0.05) is 17.3 Å². The fourth-order valence-corrected chi connectivity index (χ4v) is 5.08. The summed E-state index contributed by atoms with van der Waals surface area (Å²) in [7, 11) is 0. The van der Waals surface area contributed by atoms with E-state index in [1.807, 2.05) is 19.1 Å². The first-order valence-electron chi connectivity index (χ1n) is 11.2. The predicted molar refractivity (Wildman–Crippen MR) is 134 cm³/mol. The number of hydrogen-bond acceptors (Lipinski definition) is 2. The number of thiocarbonyl (C=S) groups is 1. The minimum atomic E-state index is -0.0285. The second-order valence-corrected chi connectivity index (χ2v) is 9.06. The van der Waals surface area contributed by atoms with Crippen LogP contribution in [0.25, 0.3) is 10.9 Å². The molecule has 0 atom stereocenters. The van der Waals surface area contributed by atoms with Crippen molar-refractivity contribution in [3.05, 3.63) is 75.1 Å². The molecular formula is C26H31N3OS.